The molecule has 0 spiro atoms. The third-order valence-electron chi connectivity index (χ3n) is 6.25. The summed E-state index contributed by atoms with van der Waals surface area (Å²) in [5.74, 6) is 0.678. The molecule has 1 aliphatic heterocycles. The van der Waals surface area contributed by atoms with Crippen molar-refractivity contribution in [3.8, 4) is 5.75 Å². The van der Waals surface area contributed by atoms with Gasteiger partial charge in [-0.3, -0.25) is 19.5 Å². The van der Waals surface area contributed by atoms with Gasteiger partial charge in [-0.2, -0.15) is 0 Å². The maximum absolute atomic E-state index is 13.2. The van der Waals surface area contributed by atoms with Crippen LogP contribution in [0.5, 0.6) is 5.75 Å². The maximum atomic E-state index is 13.2. The number of likely N-dealkylation sites (N-methyl/N-ethyl adjacent to an activating group) is 1. The van der Waals surface area contributed by atoms with E-state index in [2.05, 4.69) is 27.3 Å². The summed E-state index contributed by atoms with van der Waals surface area (Å²) in [5, 5.41) is 3.10. The van der Waals surface area contributed by atoms with E-state index in [-0.39, 0.29) is 29.9 Å². The van der Waals surface area contributed by atoms with E-state index in [1.165, 1.54) is 6.92 Å². The Morgan fingerprint density at radius 2 is 1.83 bits per heavy atom. The predicted octanol–water partition coefficient (Wildman–Crippen LogP) is 3.57. The van der Waals surface area contributed by atoms with Crippen LogP contribution in [0.2, 0.25) is 0 Å². The number of nitrogens with zero attached hydrogens (tertiary/aromatic N) is 3. The monoisotopic (exact) mass is 472 g/mol. The van der Waals surface area contributed by atoms with Crippen LogP contribution in [0.4, 0.5) is 0 Å². The van der Waals surface area contributed by atoms with Crippen molar-refractivity contribution in [1.29, 1.82) is 0 Å². The first kappa shape index (κ1) is 24.4. The van der Waals surface area contributed by atoms with E-state index in [1.807, 2.05) is 60.7 Å². The average Bonchev–Trinajstić information content (AvgIpc) is 3.20. The highest BCUT2D eigenvalue weighted by molar-refractivity contribution is 5.82. The van der Waals surface area contributed by atoms with Crippen LogP contribution < -0.4 is 10.1 Å². The zero-order valence-electron chi connectivity index (χ0n) is 20.4. The van der Waals surface area contributed by atoms with E-state index in [0.717, 1.165) is 22.6 Å². The molecule has 7 nitrogen and oxygen atoms in total. The second-order valence-electron chi connectivity index (χ2n) is 9.08. The summed E-state index contributed by atoms with van der Waals surface area (Å²) in [5.41, 5.74) is 2.96. The minimum atomic E-state index is -0.356. The quantitative estimate of drug-likeness (QED) is 0.543. The second-order valence-corrected chi connectivity index (χ2v) is 9.08. The molecule has 0 radical (unpaired) electrons. The summed E-state index contributed by atoms with van der Waals surface area (Å²) < 4.78 is 5.98. The molecule has 3 atom stereocenters. The predicted molar refractivity (Wildman–Crippen MR) is 134 cm³/mol. The first-order valence-corrected chi connectivity index (χ1v) is 11.8. The van der Waals surface area contributed by atoms with Crippen molar-refractivity contribution in [3.63, 3.8) is 0 Å². The molecular formula is C28H32N4O3. The molecule has 2 heterocycles. The minimum Gasteiger partial charge on any atom is -0.487 e. The van der Waals surface area contributed by atoms with E-state index in [4.69, 9.17) is 4.74 Å². The van der Waals surface area contributed by atoms with Gasteiger partial charge in [-0.1, -0.05) is 48.5 Å². The summed E-state index contributed by atoms with van der Waals surface area (Å²) in [7, 11) is 3.55. The van der Waals surface area contributed by atoms with Gasteiger partial charge in [-0.25, -0.2) is 0 Å². The third kappa shape index (κ3) is 6.05. The highest BCUT2D eigenvalue weighted by Gasteiger charge is 2.45. The summed E-state index contributed by atoms with van der Waals surface area (Å²) in [6.45, 7) is 2.45. The van der Waals surface area contributed by atoms with Gasteiger partial charge in [0.15, 0.2) is 0 Å². The van der Waals surface area contributed by atoms with Crippen molar-refractivity contribution in [2.75, 3.05) is 14.1 Å². The molecule has 1 N–H and O–H groups in total. The fourth-order valence-corrected chi connectivity index (χ4v) is 4.74. The van der Waals surface area contributed by atoms with E-state index >= 15 is 0 Å². The number of carbonyl (C=O) groups excluding carboxylic acids is 2. The number of benzene rings is 2. The van der Waals surface area contributed by atoms with E-state index in [9.17, 15) is 9.59 Å². The molecule has 0 aliphatic carbocycles. The number of nitrogens with one attached hydrogen (secondary N) is 1. The fraction of sp³-hybridized carbons (Fsp3) is 0.321. The first-order chi connectivity index (χ1) is 16.9. The first-order valence-electron chi connectivity index (χ1n) is 11.8. The van der Waals surface area contributed by atoms with Crippen LogP contribution in [0.15, 0.2) is 79.0 Å². The Balaban J connectivity index is 1.62. The van der Waals surface area contributed by atoms with Crippen LogP contribution in [0, 0.1) is 0 Å². The molecule has 0 unspecified atom stereocenters. The molecule has 1 saturated heterocycles. The van der Waals surface area contributed by atoms with Gasteiger partial charge in [0.1, 0.15) is 12.4 Å². The molecule has 35 heavy (non-hydrogen) atoms. The number of hydrogen-bond donors (Lipinski definition) is 1. The van der Waals surface area contributed by atoms with Crippen LogP contribution in [0.25, 0.3) is 0 Å². The van der Waals surface area contributed by atoms with Crippen molar-refractivity contribution < 1.29 is 14.3 Å². The molecular weight excluding hydrogens is 440 g/mol. The van der Waals surface area contributed by atoms with Crippen LogP contribution in [-0.4, -0.2) is 52.8 Å². The number of pyridine rings is 1. The van der Waals surface area contributed by atoms with E-state index in [0.29, 0.717) is 19.6 Å². The highest BCUT2D eigenvalue weighted by Crippen LogP contribution is 2.38. The van der Waals surface area contributed by atoms with Gasteiger partial charge in [-0.05, 0) is 41.8 Å². The lowest BCUT2D eigenvalue weighted by molar-refractivity contribution is -0.134. The van der Waals surface area contributed by atoms with E-state index < -0.39 is 0 Å². The third-order valence-corrected chi connectivity index (χ3v) is 6.25. The Bertz CT molecular complexity index is 1140. The normalized spacial score (nSPS) is 19.8. The number of carbonyl (C=O) groups is 2. The van der Waals surface area contributed by atoms with Gasteiger partial charge in [0.05, 0.1) is 23.8 Å². The van der Waals surface area contributed by atoms with Crippen LogP contribution >= 0.6 is 0 Å². The molecule has 4 rings (SSSR count). The summed E-state index contributed by atoms with van der Waals surface area (Å²) in [4.78, 5) is 33.4. The SMILES string of the molecule is CC(=O)N[C@@H]1C[C@@H](C(=O)N(C)C)N(Cc2cccc(OCc3ccccn3)c2)[C@H]1c1ccccc1. The van der Waals surface area contributed by atoms with Gasteiger partial charge in [0.25, 0.3) is 0 Å². The molecule has 1 aromatic heterocycles. The standard InChI is InChI=1S/C28H32N4O3/c1-20(33)30-25-17-26(28(34)31(2)3)32(27(25)22-11-5-4-6-12-22)18-21-10-9-14-24(16-21)35-19-23-13-7-8-15-29-23/h4-16,25-27H,17-19H2,1-3H3,(H,30,33)/t25-,26+,27+/m1/s1. The lowest BCUT2D eigenvalue weighted by Crippen LogP contribution is -2.43. The Labute approximate surface area is 206 Å². The Kier molecular flexibility index (Phi) is 7.77. The maximum Gasteiger partial charge on any atom is 0.239 e. The summed E-state index contributed by atoms with van der Waals surface area (Å²) >= 11 is 0. The molecule has 7 heteroatoms. The van der Waals surface area contributed by atoms with Gasteiger partial charge in [0, 0.05) is 33.8 Å². The average molecular weight is 473 g/mol. The number of rotatable bonds is 8. The largest absolute Gasteiger partial charge is 0.487 e. The number of aromatic nitrogens is 1. The van der Waals surface area contributed by atoms with Crippen molar-refractivity contribution in [2.45, 2.75) is 44.6 Å². The molecule has 2 amide bonds. The van der Waals surface area contributed by atoms with Gasteiger partial charge >= 0.3 is 0 Å². The Hall–Kier alpha value is -3.71. The van der Waals surface area contributed by atoms with E-state index in [1.54, 1.807) is 25.2 Å². The number of amides is 2. The zero-order chi connectivity index (χ0) is 24.8. The molecule has 182 valence electrons. The lowest BCUT2D eigenvalue weighted by Gasteiger charge is -2.32. The molecule has 0 saturated carbocycles. The Morgan fingerprint density at radius 3 is 2.51 bits per heavy atom. The van der Waals surface area contributed by atoms with Crippen LogP contribution in [0.1, 0.15) is 36.2 Å². The topological polar surface area (TPSA) is 74.8 Å². The van der Waals surface area contributed by atoms with Crippen molar-refractivity contribution in [2.24, 2.45) is 0 Å². The Morgan fingerprint density at radius 1 is 1.06 bits per heavy atom. The van der Waals surface area contributed by atoms with Gasteiger partial charge in [-0.15, -0.1) is 0 Å². The van der Waals surface area contributed by atoms with Gasteiger partial charge < -0.3 is 15.0 Å². The summed E-state index contributed by atoms with van der Waals surface area (Å²) in [6, 6.07) is 23.1. The van der Waals surface area contributed by atoms with Gasteiger partial charge in [0.2, 0.25) is 11.8 Å². The minimum absolute atomic E-state index is 0.0290. The molecule has 1 fully saturated rings. The fourth-order valence-electron chi connectivity index (χ4n) is 4.74. The van der Waals surface area contributed by atoms with Crippen molar-refractivity contribution in [1.82, 2.24) is 20.1 Å². The van der Waals surface area contributed by atoms with Crippen LogP contribution in [0.3, 0.4) is 0 Å². The molecule has 3 aromatic rings. The summed E-state index contributed by atoms with van der Waals surface area (Å²) in [6.07, 6.45) is 2.30. The van der Waals surface area contributed by atoms with Crippen LogP contribution in [-0.2, 0) is 22.7 Å². The number of ether oxygens (including phenoxy) is 1. The lowest BCUT2D eigenvalue weighted by atomic mass is 9.99. The van der Waals surface area contributed by atoms with Crippen molar-refractivity contribution >= 4 is 11.8 Å². The number of hydrogen-bond acceptors (Lipinski definition) is 5. The molecule has 2 aromatic carbocycles. The molecule has 0 bridgehead atoms. The van der Waals surface area contributed by atoms with Crippen molar-refractivity contribution in [3.05, 3.63) is 95.8 Å². The smallest absolute Gasteiger partial charge is 0.239 e. The highest BCUT2D eigenvalue weighted by atomic mass is 16.5. The molecule has 1 aliphatic rings. The second kappa shape index (κ2) is 11.1. The zero-order valence-corrected chi connectivity index (χ0v) is 20.4. The number of likely N-dealkylation sites (tertiary alicyclic amines) is 1.